The van der Waals surface area contributed by atoms with Gasteiger partial charge in [0.1, 0.15) is 0 Å². The van der Waals surface area contributed by atoms with E-state index in [1.165, 1.54) is 6.42 Å². The summed E-state index contributed by atoms with van der Waals surface area (Å²) in [6.07, 6.45) is 5.97. The van der Waals surface area contributed by atoms with Gasteiger partial charge in [-0.1, -0.05) is 40.0 Å². The van der Waals surface area contributed by atoms with Crippen molar-refractivity contribution in [1.29, 1.82) is 0 Å². The Balaban J connectivity index is 2.42. The van der Waals surface area contributed by atoms with Crippen LogP contribution in [0.3, 0.4) is 0 Å². The molecule has 5 heteroatoms. The third-order valence-corrected chi connectivity index (χ3v) is 4.49. The maximum atomic E-state index is 12.0. The van der Waals surface area contributed by atoms with E-state index in [1.54, 1.807) is 0 Å². The van der Waals surface area contributed by atoms with E-state index in [-0.39, 0.29) is 18.6 Å². The number of hydrogen-bond donors (Lipinski definition) is 3. The molecule has 122 valence electrons. The van der Waals surface area contributed by atoms with Crippen LogP contribution in [0, 0.1) is 17.8 Å². The van der Waals surface area contributed by atoms with Gasteiger partial charge in [0.15, 0.2) is 0 Å². The topological polar surface area (TPSA) is 78.4 Å². The Morgan fingerprint density at radius 3 is 2.48 bits per heavy atom. The molecule has 5 nitrogen and oxygen atoms in total. The van der Waals surface area contributed by atoms with Gasteiger partial charge in [0, 0.05) is 12.6 Å². The summed E-state index contributed by atoms with van der Waals surface area (Å²) in [7, 11) is 0. The van der Waals surface area contributed by atoms with Gasteiger partial charge in [-0.15, -0.1) is 0 Å². The molecule has 1 aliphatic carbocycles. The fourth-order valence-corrected chi connectivity index (χ4v) is 3.23. The van der Waals surface area contributed by atoms with Crippen molar-refractivity contribution in [3.05, 3.63) is 0 Å². The molecule has 0 aromatic heterocycles. The van der Waals surface area contributed by atoms with Crippen LogP contribution >= 0.6 is 0 Å². The number of amides is 2. The van der Waals surface area contributed by atoms with Crippen molar-refractivity contribution in [1.82, 2.24) is 10.6 Å². The lowest BCUT2D eigenvalue weighted by Crippen LogP contribution is -2.49. The molecular formula is C16H30N2O3. The molecule has 0 spiro atoms. The molecule has 0 aromatic rings. The average Bonchev–Trinajstić information content (AvgIpc) is 2.43. The molecule has 3 atom stereocenters. The fraction of sp³-hybridized carbons (Fsp3) is 0.875. The van der Waals surface area contributed by atoms with Crippen LogP contribution in [0.15, 0.2) is 0 Å². The Morgan fingerprint density at radius 2 is 1.90 bits per heavy atom. The van der Waals surface area contributed by atoms with Crippen LogP contribution in [-0.4, -0.2) is 29.7 Å². The second kappa shape index (κ2) is 8.90. The van der Waals surface area contributed by atoms with Crippen molar-refractivity contribution in [2.75, 3.05) is 6.54 Å². The molecule has 1 saturated carbocycles. The summed E-state index contributed by atoms with van der Waals surface area (Å²) >= 11 is 0. The summed E-state index contributed by atoms with van der Waals surface area (Å²) in [6.45, 7) is 6.55. The lowest BCUT2D eigenvalue weighted by molar-refractivity contribution is -0.141. The molecular weight excluding hydrogens is 268 g/mol. The van der Waals surface area contributed by atoms with E-state index in [1.807, 2.05) is 6.92 Å². The minimum Gasteiger partial charge on any atom is -0.481 e. The number of carbonyl (C=O) groups is 2. The molecule has 21 heavy (non-hydrogen) atoms. The Hall–Kier alpha value is -1.26. The SMILES string of the molecule is CCCC(CNC(=O)NC1CCCCC1C(C)C)C(=O)O. The molecule has 2 amide bonds. The Bertz CT molecular complexity index is 344. The van der Waals surface area contributed by atoms with Gasteiger partial charge in [-0.05, 0) is 31.1 Å². The maximum absolute atomic E-state index is 12.0. The van der Waals surface area contributed by atoms with Gasteiger partial charge in [0.05, 0.1) is 5.92 Å². The zero-order valence-electron chi connectivity index (χ0n) is 13.5. The first kappa shape index (κ1) is 17.8. The molecule has 1 fully saturated rings. The first-order chi connectivity index (χ1) is 9.95. The van der Waals surface area contributed by atoms with Crippen molar-refractivity contribution < 1.29 is 14.7 Å². The standard InChI is InChI=1S/C16H30N2O3/c1-4-7-12(15(19)20)10-17-16(21)18-14-9-6-5-8-13(14)11(2)3/h11-14H,4-10H2,1-3H3,(H,19,20)(H2,17,18,21). The molecule has 1 aliphatic rings. The van der Waals surface area contributed by atoms with Crippen molar-refractivity contribution in [2.45, 2.75) is 65.3 Å². The van der Waals surface area contributed by atoms with Crippen molar-refractivity contribution in [3.8, 4) is 0 Å². The molecule has 3 unspecified atom stereocenters. The van der Waals surface area contributed by atoms with Crippen LogP contribution in [0.5, 0.6) is 0 Å². The van der Waals surface area contributed by atoms with E-state index < -0.39 is 11.9 Å². The van der Waals surface area contributed by atoms with Crippen molar-refractivity contribution in [2.24, 2.45) is 17.8 Å². The van der Waals surface area contributed by atoms with E-state index in [4.69, 9.17) is 5.11 Å². The van der Waals surface area contributed by atoms with Crippen LogP contribution in [0.2, 0.25) is 0 Å². The number of carbonyl (C=O) groups excluding carboxylic acids is 1. The molecule has 0 aliphatic heterocycles. The second-order valence-corrected chi connectivity index (χ2v) is 6.48. The highest BCUT2D eigenvalue weighted by atomic mass is 16.4. The van der Waals surface area contributed by atoms with Gasteiger partial charge in [0.2, 0.25) is 0 Å². The van der Waals surface area contributed by atoms with Crippen LogP contribution in [0.4, 0.5) is 4.79 Å². The molecule has 1 rings (SSSR count). The Labute approximate surface area is 127 Å². The first-order valence-corrected chi connectivity index (χ1v) is 8.22. The number of carboxylic acids is 1. The van der Waals surface area contributed by atoms with Gasteiger partial charge in [-0.2, -0.15) is 0 Å². The van der Waals surface area contributed by atoms with Crippen molar-refractivity contribution in [3.63, 3.8) is 0 Å². The van der Waals surface area contributed by atoms with Crippen LogP contribution in [0.1, 0.15) is 59.3 Å². The van der Waals surface area contributed by atoms with Gasteiger partial charge >= 0.3 is 12.0 Å². The van der Waals surface area contributed by atoms with E-state index >= 15 is 0 Å². The van der Waals surface area contributed by atoms with Crippen LogP contribution in [0.25, 0.3) is 0 Å². The molecule has 0 radical (unpaired) electrons. The number of hydrogen-bond acceptors (Lipinski definition) is 2. The summed E-state index contributed by atoms with van der Waals surface area (Å²) in [5, 5.41) is 14.9. The lowest BCUT2D eigenvalue weighted by Gasteiger charge is -2.34. The van der Waals surface area contributed by atoms with E-state index in [0.717, 1.165) is 25.7 Å². The molecule has 3 N–H and O–H groups in total. The third kappa shape index (κ3) is 5.94. The maximum Gasteiger partial charge on any atom is 0.315 e. The van der Waals surface area contributed by atoms with E-state index in [9.17, 15) is 9.59 Å². The van der Waals surface area contributed by atoms with Gasteiger partial charge in [0.25, 0.3) is 0 Å². The van der Waals surface area contributed by atoms with Gasteiger partial charge in [-0.3, -0.25) is 4.79 Å². The van der Waals surface area contributed by atoms with Crippen LogP contribution < -0.4 is 10.6 Å². The minimum atomic E-state index is -0.838. The Morgan fingerprint density at radius 1 is 1.24 bits per heavy atom. The quantitative estimate of drug-likeness (QED) is 0.676. The summed E-state index contributed by atoms with van der Waals surface area (Å²) in [5.41, 5.74) is 0. The number of urea groups is 1. The number of carboxylic acid groups (broad SMARTS) is 1. The normalized spacial score (nSPS) is 23.6. The molecule has 0 heterocycles. The monoisotopic (exact) mass is 298 g/mol. The average molecular weight is 298 g/mol. The highest BCUT2D eigenvalue weighted by Gasteiger charge is 2.28. The molecule has 0 aromatic carbocycles. The van der Waals surface area contributed by atoms with E-state index in [2.05, 4.69) is 24.5 Å². The molecule has 0 saturated heterocycles. The first-order valence-electron chi connectivity index (χ1n) is 8.22. The van der Waals surface area contributed by atoms with Crippen LogP contribution in [-0.2, 0) is 4.79 Å². The summed E-state index contributed by atoms with van der Waals surface area (Å²) < 4.78 is 0. The predicted molar refractivity (Wildman–Crippen MR) is 83.2 cm³/mol. The van der Waals surface area contributed by atoms with Gasteiger partial charge in [-0.25, -0.2) is 4.79 Å². The Kier molecular flexibility index (Phi) is 7.54. The zero-order chi connectivity index (χ0) is 15.8. The smallest absolute Gasteiger partial charge is 0.315 e. The second-order valence-electron chi connectivity index (χ2n) is 6.48. The van der Waals surface area contributed by atoms with Gasteiger partial charge < -0.3 is 15.7 Å². The summed E-state index contributed by atoms with van der Waals surface area (Å²) in [6, 6.07) is -0.0110. The highest BCUT2D eigenvalue weighted by Crippen LogP contribution is 2.30. The van der Waals surface area contributed by atoms with Crippen molar-refractivity contribution >= 4 is 12.0 Å². The number of aliphatic carboxylic acids is 1. The fourth-order valence-electron chi connectivity index (χ4n) is 3.23. The highest BCUT2D eigenvalue weighted by molar-refractivity contribution is 5.76. The number of nitrogens with one attached hydrogen (secondary N) is 2. The minimum absolute atomic E-state index is 0.202. The lowest BCUT2D eigenvalue weighted by atomic mass is 9.78. The number of rotatable bonds is 7. The molecule has 0 bridgehead atoms. The zero-order valence-corrected chi connectivity index (χ0v) is 13.5. The largest absolute Gasteiger partial charge is 0.481 e. The summed E-state index contributed by atoms with van der Waals surface area (Å²) in [4.78, 5) is 23.1. The third-order valence-electron chi connectivity index (χ3n) is 4.49. The summed E-state index contributed by atoms with van der Waals surface area (Å²) in [5.74, 6) is -0.249. The predicted octanol–water partition coefficient (Wildman–Crippen LogP) is 3.00. The van der Waals surface area contributed by atoms with E-state index in [0.29, 0.717) is 18.3 Å².